The molecule has 3 heterocycles. The van der Waals surface area contributed by atoms with Crippen LogP contribution in [0.3, 0.4) is 0 Å². The van der Waals surface area contributed by atoms with Gasteiger partial charge in [0.15, 0.2) is 0 Å². The van der Waals surface area contributed by atoms with E-state index in [2.05, 4.69) is 39.5 Å². The summed E-state index contributed by atoms with van der Waals surface area (Å²) in [6, 6.07) is 6.98. The number of aromatic amines is 1. The lowest BCUT2D eigenvalue weighted by molar-refractivity contribution is -0.126. The molecule has 6 rings (SSSR count). The van der Waals surface area contributed by atoms with Crippen LogP contribution in [-0.4, -0.2) is 45.0 Å². The Bertz CT molecular complexity index is 1150. The van der Waals surface area contributed by atoms with Gasteiger partial charge in [-0.3, -0.25) is 14.7 Å². The van der Waals surface area contributed by atoms with Crippen molar-refractivity contribution < 1.29 is 9.59 Å². The molecule has 1 unspecified atom stereocenters. The Morgan fingerprint density at radius 2 is 1.97 bits per heavy atom. The van der Waals surface area contributed by atoms with Crippen molar-refractivity contribution in [1.82, 2.24) is 25.7 Å². The average Bonchev–Trinajstić information content (AvgIpc) is 3.44. The van der Waals surface area contributed by atoms with Crippen molar-refractivity contribution >= 4 is 11.8 Å². The Labute approximate surface area is 206 Å². The number of aromatic nitrogens is 2. The maximum Gasteiger partial charge on any atom is 0.255 e. The number of nitrogens with one attached hydrogen (secondary N) is 3. The zero-order chi connectivity index (χ0) is 23.9. The first kappa shape index (κ1) is 22.5. The number of nitrogens with zero attached hydrogens (tertiary/aromatic N) is 2. The zero-order valence-electron chi connectivity index (χ0n) is 20.3. The molecule has 1 saturated heterocycles. The molecule has 2 amide bonds. The van der Waals surface area contributed by atoms with Crippen molar-refractivity contribution in [3.05, 3.63) is 64.6 Å². The fourth-order valence-corrected chi connectivity index (χ4v) is 6.66. The predicted octanol–water partition coefficient (Wildman–Crippen LogP) is 3.41. The Hall–Kier alpha value is -2.93. The number of allylic oxidation sites excluding steroid dienone is 1. The van der Waals surface area contributed by atoms with Crippen LogP contribution in [0.2, 0.25) is 0 Å². The third-order valence-corrected chi connectivity index (χ3v) is 8.58. The Morgan fingerprint density at radius 3 is 2.86 bits per heavy atom. The van der Waals surface area contributed by atoms with E-state index in [0.29, 0.717) is 31.0 Å². The number of hydrogen-bond donors (Lipinski definition) is 3. The first-order valence-corrected chi connectivity index (χ1v) is 13.2. The van der Waals surface area contributed by atoms with Gasteiger partial charge in [-0.05, 0) is 73.6 Å². The third kappa shape index (κ3) is 4.42. The molecule has 1 saturated carbocycles. The number of aryl methyl sites for hydroxylation is 1. The molecule has 0 radical (unpaired) electrons. The molecule has 4 atom stereocenters. The van der Waals surface area contributed by atoms with Crippen molar-refractivity contribution in [2.24, 2.45) is 5.92 Å². The maximum atomic E-state index is 13.1. The minimum Gasteiger partial charge on any atom is -0.329 e. The average molecular weight is 474 g/mol. The summed E-state index contributed by atoms with van der Waals surface area (Å²) in [7, 11) is 0. The molecule has 2 aromatic rings. The number of rotatable bonds is 5. The van der Waals surface area contributed by atoms with Crippen LogP contribution in [0.1, 0.15) is 77.7 Å². The van der Waals surface area contributed by atoms with E-state index < -0.39 is 6.04 Å². The smallest absolute Gasteiger partial charge is 0.255 e. The van der Waals surface area contributed by atoms with E-state index in [9.17, 15) is 9.59 Å². The summed E-state index contributed by atoms with van der Waals surface area (Å²) < 4.78 is 0. The molecule has 3 N–H and O–H groups in total. The molecule has 2 aliphatic carbocycles. The summed E-state index contributed by atoms with van der Waals surface area (Å²) in [4.78, 5) is 27.3. The van der Waals surface area contributed by atoms with Gasteiger partial charge in [-0.2, -0.15) is 5.10 Å². The van der Waals surface area contributed by atoms with Gasteiger partial charge in [-0.25, -0.2) is 0 Å². The molecular formula is C28H35N5O2. The number of H-pyrrole nitrogens is 1. The first-order valence-electron chi connectivity index (χ1n) is 13.2. The summed E-state index contributed by atoms with van der Waals surface area (Å²) in [5.74, 6) is 0.476. The number of hydrogen-bond acceptors (Lipinski definition) is 4. The van der Waals surface area contributed by atoms with E-state index in [1.54, 1.807) is 4.90 Å². The molecule has 1 aromatic heterocycles. The van der Waals surface area contributed by atoms with E-state index in [1.165, 1.54) is 48.9 Å². The lowest BCUT2D eigenvalue weighted by Gasteiger charge is -2.36. The summed E-state index contributed by atoms with van der Waals surface area (Å²) in [5.41, 5.74) is 6.53. The monoisotopic (exact) mass is 473 g/mol. The molecule has 35 heavy (non-hydrogen) atoms. The predicted molar refractivity (Wildman–Crippen MR) is 134 cm³/mol. The normalized spacial score (nSPS) is 28.6. The number of fused-ring (bicyclic) bond motifs is 2. The van der Waals surface area contributed by atoms with Gasteiger partial charge in [0.2, 0.25) is 5.91 Å². The second-order valence-corrected chi connectivity index (χ2v) is 10.9. The van der Waals surface area contributed by atoms with Gasteiger partial charge in [0.25, 0.3) is 5.91 Å². The fourth-order valence-electron chi connectivity index (χ4n) is 6.66. The van der Waals surface area contributed by atoms with Crippen molar-refractivity contribution in [3.63, 3.8) is 0 Å². The van der Waals surface area contributed by atoms with Crippen LogP contribution in [0, 0.1) is 5.92 Å². The number of piperidine rings is 1. The highest BCUT2D eigenvalue weighted by atomic mass is 16.2. The van der Waals surface area contributed by atoms with Crippen LogP contribution in [0.25, 0.3) is 0 Å². The fraction of sp³-hybridized carbons (Fsp3) is 0.536. The molecule has 184 valence electrons. The van der Waals surface area contributed by atoms with Crippen LogP contribution < -0.4 is 10.6 Å². The lowest BCUT2D eigenvalue weighted by atomic mass is 9.79. The highest BCUT2D eigenvalue weighted by molar-refractivity contribution is 6.01. The van der Waals surface area contributed by atoms with Crippen molar-refractivity contribution in [1.29, 1.82) is 0 Å². The maximum absolute atomic E-state index is 13.1. The second kappa shape index (κ2) is 9.26. The van der Waals surface area contributed by atoms with Crippen molar-refractivity contribution in [3.8, 4) is 0 Å². The van der Waals surface area contributed by atoms with Gasteiger partial charge in [0, 0.05) is 42.0 Å². The molecule has 7 nitrogen and oxygen atoms in total. The summed E-state index contributed by atoms with van der Waals surface area (Å²) in [5, 5.41) is 14.2. The van der Waals surface area contributed by atoms with E-state index in [1.807, 2.05) is 12.3 Å². The molecule has 7 heteroatoms. The Morgan fingerprint density at radius 1 is 1.09 bits per heavy atom. The van der Waals surface area contributed by atoms with E-state index in [-0.39, 0.29) is 11.8 Å². The van der Waals surface area contributed by atoms with Crippen LogP contribution in [0.5, 0.6) is 0 Å². The molecular weight excluding hydrogens is 438 g/mol. The van der Waals surface area contributed by atoms with Crippen LogP contribution in [-0.2, 0) is 30.6 Å². The van der Waals surface area contributed by atoms with E-state index in [4.69, 9.17) is 0 Å². The summed E-state index contributed by atoms with van der Waals surface area (Å²) in [6.45, 7) is 4.38. The van der Waals surface area contributed by atoms with Crippen LogP contribution in [0.15, 0.2) is 36.7 Å². The number of benzene rings is 1. The first-order chi connectivity index (χ1) is 17.0. The van der Waals surface area contributed by atoms with Gasteiger partial charge in [-0.1, -0.05) is 31.6 Å². The minimum absolute atomic E-state index is 0.0214. The second-order valence-electron chi connectivity index (χ2n) is 10.9. The van der Waals surface area contributed by atoms with Crippen molar-refractivity contribution in [2.75, 3.05) is 0 Å². The lowest BCUT2D eigenvalue weighted by Crippen LogP contribution is -2.49. The highest BCUT2D eigenvalue weighted by Gasteiger charge is 2.38. The highest BCUT2D eigenvalue weighted by Crippen LogP contribution is 2.33. The molecule has 0 bridgehead atoms. The van der Waals surface area contributed by atoms with Gasteiger partial charge in [-0.15, -0.1) is 0 Å². The largest absolute Gasteiger partial charge is 0.329 e. The van der Waals surface area contributed by atoms with E-state index in [0.717, 1.165) is 42.5 Å². The number of carbonyl (C=O) groups excluding carboxylic acids is 2. The molecule has 0 spiro atoms. The summed E-state index contributed by atoms with van der Waals surface area (Å²) in [6.07, 6.45) is 12.8. The van der Waals surface area contributed by atoms with Gasteiger partial charge < -0.3 is 15.5 Å². The minimum atomic E-state index is -0.401. The van der Waals surface area contributed by atoms with E-state index >= 15 is 0 Å². The molecule has 4 aliphatic rings. The van der Waals surface area contributed by atoms with Crippen LogP contribution in [0.4, 0.5) is 0 Å². The molecule has 2 aliphatic heterocycles. The van der Waals surface area contributed by atoms with Crippen LogP contribution >= 0.6 is 0 Å². The summed E-state index contributed by atoms with van der Waals surface area (Å²) >= 11 is 0. The van der Waals surface area contributed by atoms with Gasteiger partial charge in [0.05, 0.1) is 6.20 Å². The molecule has 1 aromatic carbocycles. The Kier molecular flexibility index (Phi) is 5.96. The number of amides is 2. The standard InChI is InChI=1S/C28H35N5O2/c1-17-6-11-26(27(34)30-17)33-16-21-13-18(7-10-23(21)28(33)35)12-19-4-2-3-5-24(19)31-22-9-8-20-15-29-32-25(20)14-22/h7,10,13,15,19,22,24,26,31H,1-6,8-9,11-12,14,16H2,(H,29,32)(H,30,34)/t19-,22-,24+,26?/m1/s1. The quantitative estimate of drug-likeness (QED) is 0.621. The SMILES string of the molecule is C=C1CCC(N2Cc3cc(C[C@H]4CCCC[C@@H]4N[C@@H]4CCc5cn[nH]c5C4)ccc3C2=O)C(=O)N1. The zero-order valence-corrected chi connectivity index (χ0v) is 20.3. The van der Waals surface area contributed by atoms with Gasteiger partial charge in [0.1, 0.15) is 6.04 Å². The molecule has 2 fully saturated rings. The topological polar surface area (TPSA) is 90.1 Å². The number of carbonyl (C=O) groups is 2. The third-order valence-electron chi connectivity index (χ3n) is 8.58. The van der Waals surface area contributed by atoms with Crippen molar-refractivity contribution in [2.45, 2.75) is 88.9 Å². The Balaban J connectivity index is 1.12. The van der Waals surface area contributed by atoms with Gasteiger partial charge >= 0.3 is 0 Å².